The Morgan fingerprint density at radius 1 is 1.32 bits per heavy atom. The van der Waals surface area contributed by atoms with Crippen LogP contribution in [0.1, 0.15) is 67.1 Å². The fourth-order valence-electron chi connectivity index (χ4n) is 3.71. The molecule has 1 atom stereocenters. The maximum Gasteiger partial charge on any atom is 0.139 e. The van der Waals surface area contributed by atoms with Crippen molar-refractivity contribution in [1.29, 1.82) is 0 Å². The first-order chi connectivity index (χ1) is 12.0. The van der Waals surface area contributed by atoms with Gasteiger partial charge in [0.1, 0.15) is 17.3 Å². The van der Waals surface area contributed by atoms with E-state index in [2.05, 4.69) is 60.9 Å². The predicted octanol–water partition coefficient (Wildman–Crippen LogP) is 4.63. The minimum atomic E-state index is 0.326. The van der Waals surface area contributed by atoms with Crippen LogP contribution >= 0.6 is 0 Å². The number of nitrogens with zero attached hydrogens (tertiary/aromatic N) is 3. The summed E-state index contributed by atoms with van der Waals surface area (Å²) in [5.41, 5.74) is 5.82. The van der Waals surface area contributed by atoms with Crippen molar-refractivity contribution >= 4 is 11.0 Å². The van der Waals surface area contributed by atoms with Crippen LogP contribution in [0.2, 0.25) is 0 Å². The number of aromatic nitrogens is 3. The van der Waals surface area contributed by atoms with E-state index in [1.54, 1.807) is 0 Å². The molecule has 1 aliphatic heterocycles. The van der Waals surface area contributed by atoms with E-state index in [1.807, 2.05) is 0 Å². The Hall–Kier alpha value is -2.14. The quantitative estimate of drug-likeness (QED) is 0.753. The highest BCUT2D eigenvalue weighted by Crippen LogP contribution is 2.33. The van der Waals surface area contributed by atoms with Crippen molar-refractivity contribution in [3.05, 3.63) is 46.6 Å². The Bertz CT molecular complexity index is 892. The number of H-pyrrole nitrogens is 1. The van der Waals surface area contributed by atoms with Crippen molar-refractivity contribution in [2.24, 2.45) is 0 Å². The zero-order valence-corrected chi connectivity index (χ0v) is 15.5. The Balaban J connectivity index is 1.57. The van der Waals surface area contributed by atoms with Gasteiger partial charge in [-0.25, -0.2) is 4.98 Å². The van der Waals surface area contributed by atoms with Gasteiger partial charge in [-0.3, -0.25) is 4.90 Å². The van der Waals surface area contributed by atoms with Crippen molar-refractivity contribution in [2.45, 2.75) is 59.0 Å². The average molecular weight is 338 g/mol. The highest BCUT2D eigenvalue weighted by atomic mass is 16.5. The van der Waals surface area contributed by atoms with Gasteiger partial charge in [0.25, 0.3) is 0 Å². The number of hydrogen-bond acceptors (Lipinski definition) is 4. The van der Waals surface area contributed by atoms with Gasteiger partial charge < -0.3 is 9.51 Å². The van der Waals surface area contributed by atoms with Crippen molar-refractivity contribution in [3.8, 4) is 0 Å². The second-order valence-corrected chi connectivity index (χ2v) is 7.52. The van der Waals surface area contributed by atoms with Gasteiger partial charge in [-0.05, 0) is 50.4 Å². The lowest BCUT2D eigenvalue weighted by Crippen LogP contribution is -2.23. The first kappa shape index (κ1) is 16.3. The standard InChI is InChI=1S/C20H26N4O/c1-12(2)18-10-16(23-25-18)17-6-5-9-24(17)11-19-21-15-8-7-13(3)14(4)20(15)22-19/h7-8,10,12,17H,5-6,9,11H2,1-4H3,(H,21,22). The first-order valence-electron chi connectivity index (χ1n) is 9.18. The number of imidazole rings is 1. The summed E-state index contributed by atoms with van der Waals surface area (Å²) in [6, 6.07) is 6.73. The Morgan fingerprint density at radius 3 is 2.92 bits per heavy atom. The molecule has 4 rings (SSSR count). The first-order valence-corrected chi connectivity index (χ1v) is 9.18. The molecule has 2 aromatic heterocycles. The Labute approximate surface area is 148 Å². The predicted molar refractivity (Wildman–Crippen MR) is 98.5 cm³/mol. The molecule has 0 saturated carbocycles. The monoisotopic (exact) mass is 338 g/mol. The molecule has 1 aliphatic rings. The van der Waals surface area contributed by atoms with Crippen molar-refractivity contribution < 1.29 is 4.52 Å². The summed E-state index contributed by atoms with van der Waals surface area (Å²) in [5.74, 6) is 2.37. The molecule has 3 aromatic rings. The summed E-state index contributed by atoms with van der Waals surface area (Å²) in [6.07, 6.45) is 2.31. The van der Waals surface area contributed by atoms with Gasteiger partial charge in [-0.1, -0.05) is 25.1 Å². The minimum absolute atomic E-state index is 0.326. The van der Waals surface area contributed by atoms with Crippen LogP contribution in [-0.2, 0) is 6.54 Å². The molecule has 132 valence electrons. The molecule has 5 heteroatoms. The second-order valence-electron chi connectivity index (χ2n) is 7.52. The number of nitrogens with one attached hydrogen (secondary N) is 1. The number of hydrogen-bond donors (Lipinski definition) is 1. The molecular formula is C20H26N4O. The summed E-state index contributed by atoms with van der Waals surface area (Å²) in [4.78, 5) is 10.8. The highest BCUT2D eigenvalue weighted by Gasteiger charge is 2.29. The molecular weight excluding hydrogens is 312 g/mol. The lowest BCUT2D eigenvalue weighted by atomic mass is 10.1. The van der Waals surface area contributed by atoms with E-state index in [-0.39, 0.29) is 0 Å². The van der Waals surface area contributed by atoms with E-state index < -0.39 is 0 Å². The molecule has 0 bridgehead atoms. The molecule has 1 fully saturated rings. The van der Waals surface area contributed by atoms with Crippen LogP contribution in [0.3, 0.4) is 0 Å². The smallest absolute Gasteiger partial charge is 0.139 e. The molecule has 0 aliphatic carbocycles. The van der Waals surface area contributed by atoms with E-state index >= 15 is 0 Å². The number of fused-ring (bicyclic) bond motifs is 1. The molecule has 3 heterocycles. The van der Waals surface area contributed by atoms with Crippen LogP contribution in [0.4, 0.5) is 0 Å². The number of benzene rings is 1. The Kier molecular flexibility index (Phi) is 4.12. The Morgan fingerprint density at radius 2 is 2.16 bits per heavy atom. The van der Waals surface area contributed by atoms with Gasteiger partial charge in [-0.2, -0.15) is 0 Å². The summed E-state index contributed by atoms with van der Waals surface area (Å²) in [5, 5.41) is 4.33. The average Bonchev–Trinajstić information content (AvgIpc) is 3.30. The molecule has 25 heavy (non-hydrogen) atoms. The van der Waals surface area contributed by atoms with E-state index in [4.69, 9.17) is 9.51 Å². The van der Waals surface area contributed by atoms with Crippen LogP contribution in [0.25, 0.3) is 11.0 Å². The number of rotatable bonds is 4. The van der Waals surface area contributed by atoms with E-state index in [0.717, 1.165) is 47.8 Å². The molecule has 1 saturated heterocycles. The third-order valence-electron chi connectivity index (χ3n) is 5.40. The van der Waals surface area contributed by atoms with Crippen molar-refractivity contribution in [1.82, 2.24) is 20.0 Å². The molecule has 1 unspecified atom stereocenters. The molecule has 0 radical (unpaired) electrons. The molecule has 0 amide bonds. The number of aryl methyl sites for hydroxylation is 2. The van der Waals surface area contributed by atoms with Gasteiger partial charge in [-0.15, -0.1) is 0 Å². The van der Waals surface area contributed by atoms with Crippen LogP contribution in [-0.4, -0.2) is 26.6 Å². The maximum atomic E-state index is 5.51. The summed E-state index contributed by atoms with van der Waals surface area (Å²) >= 11 is 0. The van der Waals surface area contributed by atoms with Crippen molar-refractivity contribution in [3.63, 3.8) is 0 Å². The lowest BCUT2D eigenvalue weighted by molar-refractivity contribution is 0.231. The SMILES string of the molecule is Cc1ccc2[nH]c(CN3CCCC3c3cc(C(C)C)on3)nc2c1C. The largest absolute Gasteiger partial charge is 0.361 e. The van der Waals surface area contributed by atoms with Crippen LogP contribution in [0, 0.1) is 13.8 Å². The molecule has 1 aromatic carbocycles. The molecule has 0 spiro atoms. The topological polar surface area (TPSA) is 58.0 Å². The third-order valence-corrected chi connectivity index (χ3v) is 5.40. The van der Waals surface area contributed by atoms with Gasteiger partial charge >= 0.3 is 0 Å². The summed E-state index contributed by atoms with van der Waals surface area (Å²) in [6.45, 7) is 10.4. The maximum absolute atomic E-state index is 5.51. The zero-order valence-electron chi connectivity index (χ0n) is 15.5. The summed E-state index contributed by atoms with van der Waals surface area (Å²) in [7, 11) is 0. The number of likely N-dealkylation sites (tertiary alicyclic amines) is 1. The van der Waals surface area contributed by atoms with Gasteiger partial charge in [0.05, 0.1) is 23.6 Å². The molecule has 5 nitrogen and oxygen atoms in total. The fourth-order valence-corrected chi connectivity index (χ4v) is 3.71. The van der Waals surface area contributed by atoms with Gasteiger partial charge in [0.2, 0.25) is 0 Å². The second kappa shape index (κ2) is 6.30. The molecule has 1 N–H and O–H groups in total. The fraction of sp³-hybridized carbons (Fsp3) is 0.500. The number of aromatic amines is 1. The zero-order chi connectivity index (χ0) is 17.6. The normalized spacial score (nSPS) is 18.7. The van der Waals surface area contributed by atoms with E-state index in [9.17, 15) is 0 Å². The van der Waals surface area contributed by atoms with Gasteiger partial charge in [0.15, 0.2) is 0 Å². The highest BCUT2D eigenvalue weighted by molar-refractivity contribution is 5.79. The lowest BCUT2D eigenvalue weighted by Gasteiger charge is -2.21. The van der Waals surface area contributed by atoms with Crippen LogP contribution in [0.5, 0.6) is 0 Å². The van der Waals surface area contributed by atoms with Gasteiger partial charge in [0, 0.05) is 12.0 Å². The van der Waals surface area contributed by atoms with Crippen molar-refractivity contribution in [2.75, 3.05) is 6.54 Å². The van der Waals surface area contributed by atoms with Crippen LogP contribution < -0.4 is 0 Å². The summed E-state index contributed by atoms with van der Waals surface area (Å²) < 4.78 is 5.51. The third kappa shape index (κ3) is 2.97. The van der Waals surface area contributed by atoms with E-state index in [0.29, 0.717) is 12.0 Å². The minimum Gasteiger partial charge on any atom is -0.361 e. The van der Waals surface area contributed by atoms with Crippen LogP contribution in [0.15, 0.2) is 22.7 Å². The van der Waals surface area contributed by atoms with E-state index in [1.165, 1.54) is 17.5 Å².